The average molecular weight is 334 g/mol. The number of amides is 1. The normalized spacial score (nSPS) is 11.7. The van der Waals surface area contributed by atoms with Gasteiger partial charge in [0.05, 0.1) is 12.1 Å². The average Bonchev–Trinajstić information content (AvgIpc) is 2.52. The second kappa shape index (κ2) is 7.38. The number of benzene rings is 2. The molecule has 0 aliphatic carbocycles. The van der Waals surface area contributed by atoms with Gasteiger partial charge in [-0.25, -0.2) is 0 Å². The number of aryl methyl sites for hydroxylation is 1. The molecule has 23 heavy (non-hydrogen) atoms. The molecule has 1 unspecified atom stereocenters. The molecule has 1 amide bonds. The largest absolute Gasteiger partial charge is 0.495 e. The summed E-state index contributed by atoms with van der Waals surface area (Å²) in [7, 11) is 1.54. The quantitative estimate of drug-likeness (QED) is 0.883. The van der Waals surface area contributed by atoms with Gasteiger partial charge in [-0.2, -0.15) is 0 Å². The molecule has 2 aromatic rings. The molecule has 0 aliphatic heterocycles. The van der Waals surface area contributed by atoms with Crippen LogP contribution >= 0.6 is 11.6 Å². The van der Waals surface area contributed by atoms with E-state index in [2.05, 4.69) is 5.32 Å². The zero-order valence-electron chi connectivity index (χ0n) is 13.6. The Morgan fingerprint density at radius 2 is 1.91 bits per heavy atom. The van der Waals surface area contributed by atoms with E-state index in [4.69, 9.17) is 21.1 Å². The molecule has 1 N–H and O–H groups in total. The first-order valence-electron chi connectivity index (χ1n) is 7.29. The molecule has 2 aromatic carbocycles. The Kier molecular flexibility index (Phi) is 5.50. The van der Waals surface area contributed by atoms with Crippen LogP contribution in [-0.2, 0) is 4.79 Å². The monoisotopic (exact) mass is 333 g/mol. The van der Waals surface area contributed by atoms with E-state index in [1.54, 1.807) is 32.2 Å². The van der Waals surface area contributed by atoms with Gasteiger partial charge in [-0.15, -0.1) is 0 Å². The summed E-state index contributed by atoms with van der Waals surface area (Å²) in [6.07, 6.45) is -0.628. The highest BCUT2D eigenvalue weighted by Gasteiger charge is 2.16. The molecule has 122 valence electrons. The van der Waals surface area contributed by atoms with E-state index in [0.717, 1.165) is 11.1 Å². The predicted molar refractivity (Wildman–Crippen MR) is 92.6 cm³/mol. The van der Waals surface area contributed by atoms with Gasteiger partial charge in [0, 0.05) is 5.69 Å². The number of ether oxygens (including phenoxy) is 2. The van der Waals surface area contributed by atoms with Crippen molar-refractivity contribution in [2.75, 3.05) is 12.4 Å². The van der Waals surface area contributed by atoms with E-state index >= 15 is 0 Å². The minimum atomic E-state index is -0.628. The summed E-state index contributed by atoms with van der Waals surface area (Å²) in [5.74, 6) is 1.02. The molecule has 5 heteroatoms. The third-order valence-corrected chi connectivity index (χ3v) is 3.94. The van der Waals surface area contributed by atoms with Crippen LogP contribution in [-0.4, -0.2) is 19.1 Å². The standard InChI is InChI=1S/C18H20ClNO3/c1-11-6-5-7-16(12(11)2)23-13(3)18(21)20-14-8-9-17(22-4)15(19)10-14/h5-10,13H,1-4H3,(H,20,21). The second-order valence-corrected chi connectivity index (χ2v) is 5.70. The molecular formula is C18H20ClNO3. The number of halogens is 1. The lowest BCUT2D eigenvalue weighted by molar-refractivity contribution is -0.122. The SMILES string of the molecule is COc1ccc(NC(=O)C(C)Oc2cccc(C)c2C)cc1Cl. The molecule has 0 fully saturated rings. The number of methoxy groups -OCH3 is 1. The molecule has 1 atom stereocenters. The van der Waals surface area contributed by atoms with Crippen LogP contribution in [0.5, 0.6) is 11.5 Å². The van der Waals surface area contributed by atoms with Gasteiger partial charge in [-0.05, 0) is 56.2 Å². The minimum absolute atomic E-state index is 0.243. The van der Waals surface area contributed by atoms with Gasteiger partial charge in [0.1, 0.15) is 11.5 Å². The van der Waals surface area contributed by atoms with E-state index in [9.17, 15) is 4.79 Å². The molecule has 0 aromatic heterocycles. The van der Waals surface area contributed by atoms with Gasteiger partial charge in [-0.1, -0.05) is 23.7 Å². The molecule has 0 saturated carbocycles. The summed E-state index contributed by atoms with van der Waals surface area (Å²) in [6, 6.07) is 10.8. The Hall–Kier alpha value is -2.20. The number of nitrogens with one attached hydrogen (secondary N) is 1. The van der Waals surface area contributed by atoms with E-state index in [-0.39, 0.29) is 5.91 Å². The summed E-state index contributed by atoms with van der Waals surface area (Å²) < 4.78 is 10.9. The van der Waals surface area contributed by atoms with Crippen molar-refractivity contribution in [3.05, 3.63) is 52.5 Å². The van der Waals surface area contributed by atoms with Crippen LogP contribution in [0.15, 0.2) is 36.4 Å². The highest BCUT2D eigenvalue weighted by atomic mass is 35.5. The van der Waals surface area contributed by atoms with E-state index < -0.39 is 6.10 Å². The van der Waals surface area contributed by atoms with Gasteiger partial charge >= 0.3 is 0 Å². The summed E-state index contributed by atoms with van der Waals surface area (Å²) >= 11 is 6.05. The van der Waals surface area contributed by atoms with Gasteiger partial charge in [-0.3, -0.25) is 4.79 Å². The number of hydrogen-bond donors (Lipinski definition) is 1. The number of carbonyl (C=O) groups is 1. The highest BCUT2D eigenvalue weighted by molar-refractivity contribution is 6.32. The highest BCUT2D eigenvalue weighted by Crippen LogP contribution is 2.27. The minimum Gasteiger partial charge on any atom is -0.495 e. The van der Waals surface area contributed by atoms with Crippen LogP contribution in [0.4, 0.5) is 5.69 Å². The first-order valence-corrected chi connectivity index (χ1v) is 7.67. The summed E-state index contributed by atoms with van der Waals surface area (Å²) in [5.41, 5.74) is 2.74. The van der Waals surface area contributed by atoms with Crippen molar-refractivity contribution >= 4 is 23.2 Å². The van der Waals surface area contributed by atoms with Crippen LogP contribution < -0.4 is 14.8 Å². The molecule has 4 nitrogen and oxygen atoms in total. The molecule has 0 radical (unpaired) electrons. The predicted octanol–water partition coefficient (Wildman–Crippen LogP) is 4.37. The van der Waals surface area contributed by atoms with Crippen molar-refractivity contribution in [2.24, 2.45) is 0 Å². The Morgan fingerprint density at radius 3 is 2.57 bits per heavy atom. The fourth-order valence-electron chi connectivity index (χ4n) is 2.08. The first kappa shape index (κ1) is 17.2. The lowest BCUT2D eigenvalue weighted by Gasteiger charge is -2.17. The molecule has 2 rings (SSSR count). The maximum absolute atomic E-state index is 12.3. The molecular weight excluding hydrogens is 314 g/mol. The van der Waals surface area contributed by atoms with Crippen molar-refractivity contribution in [3.8, 4) is 11.5 Å². The number of hydrogen-bond acceptors (Lipinski definition) is 3. The van der Waals surface area contributed by atoms with Gasteiger partial charge < -0.3 is 14.8 Å². The lowest BCUT2D eigenvalue weighted by Crippen LogP contribution is -2.30. The van der Waals surface area contributed by atoms with E-state index in [0.29, 0.717) is 22.2 Å². The van der Waals surface area contributed by atoms with Crippen LogP contribution in [0.2, 0.25) is 5.02 Å². The Balaban J connectivity index is 2.05. The molecule has 0 heterocycles. The fraction of sp³-hybridized carbons (Fsp3) is 0.278. The second-order valence-electron chi connectivity index (χ2n) is 5.30. The van der Waals surface area contributed by atoms with Crippen molar-refractivity contribution in [1.29, 1.82) is 0 Å². The summed E-state index contributed by atoms with van der Waals surface area (Å²) in [5, 5.41) is 3.22. The first-order chi connectivity index (χ1) is 10.9. The maximum Gasteiger partial charge on any atom is 0.265 e. The van der Waals surface area contributed by atoms with Gasteiger partial charge in [0.2, 0.25) is 0 Å². The summed E-state index contributed by atoms with van der Waals surface area (Å²) in [4.78, 5) is 12.3. The molecule has 0 saturated heterocycles. The number of carbonyl (C=O) groups excluding carboxylic acids is 1. The molecule has 0 spiro atoms. The Labute approximate surface area is 141 Å². The number of rotatable bonds is 5. The topological polar surface area (TPSA) is 47.6 Å². The maximum atomic E-state index is 12.3. The van der Waals surface area contributed by atoms with Crippen LogP contribution in [0.25, 0.3) is 0 Å². The third-order valence-electron chi connectivity index (χ3n) is 3.65. The van der Waals surface area contributed by atoms with Crippen molar-refractivity contribution in [3.63, 3.8) is 0 Å². The van der Waals surface area contributed by atoms with Crippen LogP contribution in [0.3, 0.4) is 0 Å². The van der Waals surface area contributed by atoms with E-state index in [1.165, 1.54) is 0 Å². The Morgan fingerprint density at radius 1 is 1.17 bits per heavy atom. The smallest absolute Gasteiger partial charge is 0.265 e. The Bertz CT molecular complexity index is 715. The third kappa shape index (κ3) is 4.17. The van der Waals surface area contributed by atoms with Crippen LogP contribution in [0.1, 0.15) is 18.1 Å². The summed E-state index contributed by atoms with van der Waals surface area (Å²) in [6.45, 7) is 5.69. The zero-order valence-corrected chi connectivity index (χ0v) is 14.4. The van der Waals surface area contributed by atoms with Crippen molar-refractivity contribution < 1.29 is 14.3 Å². The van der Waals surface area contributed by atoms with E-state index in [1.807, 2.05) is 32.0 Å². The molecule has 0 aliphatic rings. The molecule has 0 bridgehead atoms. The fourth-order valence-corrected chi connectivity index (χ4v) is 2.34. The van der Waals surface area contributed by atoms with Crippen molar-refractivity contribution in [1.82, 2.24) is 0 Å². The number of anilines is 1. The van der Waals surface area contributed by atoms with Gasteiger partial charge in [0.15, 0.2) is 6.10 Å². The zero-order chi connectivity index (χ0) is 17.0. The van der Waals surface area contributed by atoms with Gasteiger partial charge in [0.25, 0.3) is 5.91 Å². The van der Waals surface area contributed by atoms with Crippen molar-refractivity contribution in [2.45, 2.75) is 26.9 Å². The van der Waals surface area contributed by atoms with Crippen LogP contribution in [0, 0.1) is 13.8 Å². The lowest BCUT2D eigenvalue weighted by atomic mass is 10.1.